The maximum Gasteiger partial charge on any atom is 0.337 e. The van der Waals surface area contributed by atoms with E-state index in [0.29, 0.717) is 24.3 Å². The molecule has 6 heteroatoms. The van der Waals surface area contributed by atoms with Crippen LogP contribution in [0.4, 0.5) is 11.4 Å². The van der Waals surface area contributed by atoms with E-state index in [0.717, 1.165) is 6.54 Å². The van der Waals surface area contributed by atoms with Crippen LogP contribution in [0.1, 0.15) is 16.8 Å². The number of benzene rings is 1. The summed E-state index contributed by atoms with van der Waals surface area (Å²) in [6.07, 6.45) is 0.189. The standard InChI is InChI=1S/C14H21N3O3/c1-16(2)7-10-6-11(18)8-17(10)13-5-9(15)3-4-12(13)14(19)20/h3-5,10-11,18H,6-8,15H2,1-2H3,(H,19,20). The number of aromatic carboxylic acids is 1. The number of nitrogen functional groups attached to an aromatic ring is 1. The maximum absolute atomic E-state index is 11.4. The molecule has 2 rings (SSSR count). The number of likely N-dealkylation sites (N-methyl/N-ethyl adjacent to an activating group) is 1. The van der Waals surface area contributed by atoms with Gasteiger partial charge in [-0.05, 0) is 38.7 Å². The van der Waals surface area contributed by atoms with E-state index in [1.54, 1.807) is 12.1 Å². The molecule has 1 aromatic carbocycles. The maximum atomic E-state index is 11.4. The monoisotopic (exact) mass is 279 g/mol. The number of nitrogens with zero attached hydrogens (tertiary/aromatic N) is 2. The van der Waals surface area contributed by atoms with Gasteiger partial charge in [0, 0.05) is 24.8 Å². The van der Waals surface area contributed by atoms with Crippen molar-refractivity contribution in [2.45, 2.75) is 18.6 Å². The number of anilines is 2. The van der Waals surface area contributed by atoms with Crippen molar-refractivity contribution in [1.82, 2.24) is 4.90 Å². The second-order valence-electron chi connectivity index (χ2n) is 5.54. The number of aliphatic hydroxyl groups is 1. The minimum Gasteiger partial charge on any atom is -0.478 e. The first-order valence-corrected chi connectivity index (χ1v) is 6.60. The number of β-amino-alcohol motifs (C(OH)–C–C–N with tert-alkyl or cyclic N) is 1. The van der Waals surface area contributed by atoms with Gasteiger partial charge in [-0.15, -0.1) is 0 Å². The Morgan fingerprint density at radius 1 is 1.50 bits per heavy atom. The van der Waals surface area contributed by atoms with Gasteiger partial charge in [0.2, 0.25) is 0 Å². The van der Waals surface area contributed by atoms with Crippen molar-refractivity contribution >= 4 is 17.3 Å². The second-order valence-corrected chi connectivity index (χ2v) is 5.54. The Balaban J connectivity index is 2.37. The topological polar surface area (TPSA) is 90.0 Å². The van der Waals surface area contributed by atoms with Crippen molar-refractivity contribution in [1.29, 1.82) is 0 Å². The number of rotatable bonds is 4. The zero-order valence-corrected chi connectivity index (χ0v) is 11.8. The lowest BCUT2D eigenvalue weighted by molar-refractivity contribution is 0.0697. The Bertz CT molecular complexity index is 504. The molecule has 4 N–H and O–H groups in total. The Labute approximate surface area is 118 Å². The van der Waals surface area contributed by atoms with Crippen LogP contribution >= 0.6 is 0 Å². The van der Waals surface area contributed by atoms with E-state index in [2.05, 4.69) is 0 Å². The van der Waals surface area contributed by atoms with Gasteiger partial charge in [0.25, 0.3) is 0 Å². The minimum absolute atomic E-state index is 0.0832. The summed E-state index contributed by atoms with van der Waals surface area (Å²) in [6.45, 7) is 1.19. The number of hydrogen-bond acceptors (Lipinski definition) is 5. The number of aliphatic hydroxyl groups excluding tert-OH is 1. The van der Waals surface area contributed by atoms with Gasteiger partial charge < -0.3 is 25.7 Å². The van der Waals surface area contributed by atoms with Gasteiger partial charge in [-0.3, -0.25) is 0 Å². The smallest absolute Gasteiger partial charge is 0.337 e. The van der Waals surface area contributed by atoms with E-state index in [-0.39, 0.29) is 11.6 Å². The molecule has 110 valence electrons. The van der Waals surface area contributed by atoms with Gasteiger partial charge in [-0.25, -0.2) is 4.79 Å². The van der Waals surface area contributed by atoms with Gasteiger partial charge in [0.1, 0.15) is 0 Å². The molecule has 0 aliphatic carbocycles. The highest BCUT2D eigenvalue weighted by atomic mass is 16.4. The molecule has 6 nitrogen and oxygen atoms in total. The van der Waals surface area contributed by atoms with Gasteiger partial charge >= 0.3 is 5.97 Å². The van der Waals surface area contributed by atoms with Gasteiger partial charge in [-0.2, -0.15) is 0 Å². The lowest BCUT2D eigenvalue weighted by Gasteiger charge is -2.30. The Kier molecular flexibility index (Phi) is 4.15. The number of carbonyl (C=O) groups is 1. The Morgan fingerprint density at radius 2 is 2.20 bits per heavy atom. The van der Waals surface area contributed by atoms with Crippen LogP contribution in [-0.2, 0) is 0 Å². The molecule has 0 spiro atoms. The summed E-state index contributed by atoms with van der Waals surface area (Å²) < 4.78 is 0. The third-order valence-electron chi connectivity index (χ3n) is 3.53. The van der Waals surface area contributed by atoms with E-state index in [4.69, 9.17) is 5.73 Å². The lowest BCUT2D eigenvalue weighted by atomic mass is 10.1. The van der Waals surface area contributed by atoms with Crippen molar-refractivity contribution in [3.63, 3.8) is 0 Å². The van der Waals surface area contributed by atoms with Crippen LogP contribution in [0, 0.1) is 0 Å². The minimum atomic E-state index is -0.981. The summed E-state index contributed by atoms with van der Waals surface area (Å²) in [5.74, 6) is -0.981. The zero-order chi connectivity index (χ0) is 14.9. The average Bonchev–Trinajstić information content (AvgIpc) is 2.68. The van der Waals surface area contributed by atoms with Gasteiger partial charge in [0.05, 0.1) is 17.4 Å². The van der Waals surface area contributed by atoms with Crippen molar-refractivity contribution in [3.8, 4) is 0 Å². The molecule has 0 radical (unpaired) electrons. The highest BCUT2D eigenvalue weighted by Gasteiger charge is 2.33. The predicted octanol–water partition coefficient (Wildman–Crippen LogP) is 0.468. The summed E-state index contributed by atoms with van der Waals surface area (Å²) in [6, 6.07) is 4.86. The van der Waals surface area contributed by atoms with Crippen molar-refractivity contribution in [3.05, 3.63) is 23.8 Å². The molecule has 2 unspecified atom stereocenters. The number of hydrogen-bond donors (Lipinski definition) is 3. The van der Waals surface area contributed by atoms with Crippen LogP contribution in [0.15, 0.2) is 18.2 Å². The second kappa shape index (κ2) is 5.68. The fraction of sp³-hybridized carbons (Fsp3) is 0.500. The first-order chi connectivity index (χ1) is 9.38. The summed E-state index contributed by atoms with van der Waals surface area (Å²) in [5, 5.41) is 19.2. The quantitative estimate of drug-likeness (QED) is 0.694. The largest absolute Gasteiger partial charge is 0.478 e. The third kappa shape index (κ3) is 3.02. The van der Waals surface area contributed by atoms with Crippen LogP contribution in [0.25, 0.3) is 0 Å². The summed E-state index contributed by atoms with van der Waals surface area (Å²) in [4.78, 5) is 15.3. The molecule has 1 aliphatic heterocycles. The molecule has 1 aliphatic rings. The van der Waals surface area contributed by atoms with E-state index >= 15 is 0 Å². The highest BCUT2D eigenvalue weighted by Crippen LogP contribution is 2.31. The van der Waals surface area contributed by atoms with E-state index in [1.165, 1.54) is 6.07 Å². The Hall–Kier alpha value is -1.79. The SMILES string of the molecule is CN(C)CC1CC(O)CN1c1cc(N)ccc1C(=O)O. The highest BCUT2D eigenvalue weighted by molar-refractivity contribution is 5.95. The van der Waals surface area contributed by atoms with Crippen molar-refractivity contribution < 1.29 is 15.0 Å². The van der Waals surface area contributed by atoms with E-state index < -0.39 is 12.1 Å². The summed E-state index contributed by atoms with van der Waals surface area (Å²) in [5.41, 5.74) is 7.11. The Morgan fingerprint density at radius 3 is 2.80 bits per heavy atom. The van der Waals surface area contributed by atoms with E-state index in [9.17, 15) is 15.0 Å². The zero-order valence-electron chi connectivity index (χ0n) is 11.8. The fourth-order valence-electron chi connectivity index (χ4n) is 2.75. The summed E-state index contributed by atoms with van der Waals surface area (Å²) >= 11 is 0. The summed E-state index contributed by atoms with van der Waals surface area (Å²) in [7, 11) is 3.92. The molecule has 20 heavy (non-hydrogen) atoms. The first-order valence-electron chi connectivity index (χ1n) is 6.60. The van der Waals surface area contributed by atoms with Crippen LogP contribution < -0.4 is 10.6 Å². The van der Waals surface area contributed by atoms with Crippen LogP contribution in [-0.4, -0.2) is 60.4 Å². The predicted molar refractivity (Wildman–Crippen MR) is 78.1 cm³/mol. The molecule has 1 fully saturated rings. The normalized spacial score (nSPS) is 22.5. The molecule has 0 aromatic heterocycles. The van der Waals surface area contributed by atoms with Crippen LogP contribution in [0.3, 0.4) is 0 Å². The number of carboxylic acid groups (broad SMARTS) is 1. The van der Waals surface area contributed by atoms with Crippen LogP contribution in [0.5, 0.6) is 0 Å². The van der Waals surface area contributed by atoms with Crippen molar-refractivity contribution in [2.24, 2.45) is 0 Å². The van der Waals surface area contributed by atoms with Crippen molar-refractivity contribution in [2.75, 3.05) is 37.8 Å². The molecular weight excluding hydrogens is 258 g/mol. The molecule has 1 heterocycles. The third-order valence-corrected chi connectivity index (χ3v) is 3.53. The fourth-order valence-corrected chi connectivity index (χ4v) is 2.75. The molecule has 0 amide bonds. The van der Waals surface area contributed by atoms with Gasteiger partial charge in [0.15, 0.2) is 0 Å². The number of nitrogens with two attached hydrogens (primary N) is 1. The molecule has 1 saturated heterocycles. The molecule has 2 atom stereocenters. The first kappa shape index (κ1) is 14.6. The number of carboxylic acids is 1. The molecule has 0 saturated carbocycles. The lowest BCUT2D eigenvalue weighted by Crippen LogP contribution is -2.38. The van der Waals surface area contributed by atoms with E-state index in [1.807, 2.05) is 23.9 Å². The van der Waals surface area contributed by atoms with Gasteiger partial charge in [-0.1, -0.05) is 0 Å². The average molecular weight is 279 g/mol. The van der Waals surface area contributed by atoms with Crippen LogP contribution in [0.2, 0.25) is 0 Å². The molecule has 1 aromatic rings. The molecule has 0 bridgehead atoms. The molecular formula is C14H21N3O3.